The molecular weight excluding hydrogens is 332 g/mol. The van der Waals surface area contributed by atoms with Gasteiger partial charge in [-0.15, -0.1) is 0 Å². The zero-order valence-corrected chi connectivity index (χ0v) is 13.5. The molecule has 0 saturated heterocycles. The quantitative estimate of drug-likeness (QED) is 0.865. The summed E-state index contributed by atoms with van der Waals surface area (Å²) >= 11 is 0. The van der Waals surface area contributed by atoms with E-state index in [0.717, 1.165) is 5.56 Å². The first kappa shape index (κ1) is 16.3. The first-order valence-electron chi connectivity index (χ1n) is 7.23. The van der Waals surface area contributed by atoms with Gasteiger partial charge in [-0.05, 0) is 35.9 Å². The fourth-order valence-electron chi connectivity index (χ4n) is 2.34. The van der Waals surface area contributed by atoms with Gasteiger partial charge in [0, 0.05) is 5.69 Å². The van der Waals surface area contributed by atoms with Crippen LogP contribution in [-0.2, 0) is 21.2 Å². The van der Waals surface area contributed by atoms with Crippen molar-refractivity contribution in [2.24, 2.45) is 5.14 Å². The van der Waals surface area contributed by atoms with Crippen LogP contribution in [-0.4, -0.2) is 27.5 Å². The van der Waals surface area contributed by atoms with Crippen molar-refractivity contribution in [3.05, 3.63) is 48.0 Å². The third-order valence-corrected chi connectivity index (χ3v) is 4.33. The molecule has 0 aliphatic carbocycles. The first-order chi connectivity index (χ1) is 11.4. The minimum atomic E-state index is -3.81. The average Bonchev–Trinajstić information content (AvgIpc) is 2.54. The van der Waals surface area contributed by atoms with E-state index in [-0.39, 0.29) is 17.2 Å². The molecule has 8 heteroatoms. The molecule has 7 nitrogen and oxygen atoms in total. The second-order valence-corrected chi connectivity index (χ2v) is 6.84. The second-order valence-electron chi connectivity index (χ2n) is 5.28. The molecule has 2 aromatic rings. The minimum absolute atomic E-state index is 0.0559. The summed E-state index contributed by atoms with van der Waals surface area (Å²) < 4.78 is 33.6. The SMILES string of the molecule is NS(=O)(=O)c1cccc(NC(=O)Cc2ccc3c(c2)OCCO3)c1. The highest BCUT2D eigenvalue weighted by Crippen LogP contribution is 2.30. The number of nitrogens with one attached hydrogen (secondary N) is 1. The number of ether oxygens (including phenoxy) is 2. The van der Waals surface area contributed by atoms with Crippen LogP contribution in [0.3, 0.4) is 0 Å². The van der Waals surface area contributed by atoms with Gasteiger partial charge < -0.3 is 14.8 Å². The van der Waals surface area contributed by atoms with Gasteiger partial charge in [-0.2, -0.15) is 0 Å². The summed E-state index contributed by atoms with van der Waals surface area (Å²) in [5.41, 5.74) is 1.13. The van der Waals surface area contributed by atoms with Crippen molar-refractivity contribution in [3.8, 4) is 11.5 Å². The Bertz CT molecular complexity index is 880. The van der Waals surface area contributed by atoms with Gasteiger partial charge in [0.05, 0.1) is 11.3 Å². The molecule has 1 heterocycles. The Morgan fingerprint density at radius 2 is 1.83 bits per heavy atom. The van der Waals surface area contributed by atoms with Crippen molar-refractivity contribution >= 4 is 21.6 Å². The van der Waals surface area contributed by atoms with Crippen molar-refractivity contribution in [2.45, 2.75) is 11.3 Å². The largest absolute Gasteiger partial charge is 0.486 e. The van der Waals surface area contributed by atoms with E-state index in [4.69, 9.17) is 14.6 Å². The number of amides is 1. The molecule has 1 aliphatic rings. The second kappa shape index (κ2) is 6.50. The summed E-state index contributed by atoms with van der Waals surface area (Å²) in [4.78, 5) is 12.1. The van der Waals surface area contributed by atoms with Gasteiger partial charge in [0.25, 0.3) is 0 Å². The summed E-state index contributed by atoms with van der Waals surface area (Å²) in [6, 6.07) is 11.1. The summed E-state index contributed by atoms with van der Waals surface area (Å²) in [5, 5.41) is 7.73. The fourth-order valence-corrected chi connectivity index (χ4v) is 2.90. The number of hydrogen-bond donors (Lipinski definition) is 2. The highest BCUT2D eigenvalue weighted by molar-refractivity contribution is 7.89. The van der Waals surface area contributed by atoms with Crippen LogP contribution in [0.25, 0.3) is 0 Å². The molecule has 0 saturated carbocycles. The van der Waals surface area contributed by atoms with E-state index in [9.17, 15) is 13.2 Å². The van der Waals surface area contributed by atoms with Gasteiger partial charge in [0.1, 0.15) is 13.2 Å². The monoisotopic (exact) mass is 348 g/mol. The Labute approximate surface area is 139 Å². The highest BCUT2D eigenvalue weighted by Gasteiger charge is 2.14. The maximum absolute atomic E-state index is 12.1. The smallest absolute Gasteiger partial charge is 0.238 e. The molecule has 0 bridgehead atoms. The molecule has 1 amide bonds. The predicted octanol–water partition coefficient (Wildman–Crippen LogP) is 1.29. The van der Waals surface area contributed by atoms with Gasteiger partial charge in [-0.3, -0.25) is 4.79 Å². The van der Waals surface area contributed by atoms with Crippen molar-refractivity contribution in [1.29, 1.82) is 0 Å². The highest BCUT2D eigenvalue weighted by atomic mass is 32.2. The van der Waals surface area contributed by atoms with Crippen LogP contribution in [0.5, 0.6) is 11.5 Å². The topological polar surface area (TPSA) is 108 Å². The lowest BCUT2D eigenvalue weighted by molar-refractivity contribution is -0.115. The molecule has 0 radical (unpaired) electrons. The molecule has 0 aromatic heterocycles. The fraction of sp³-hybridized carbons (Fsp3) is 0.188. The Hall–Kier alpha value is -2.58. The summed E-state index contributed by atoms with van der Waals surface area (Å²) in [6.07, 6.45) is 0.121. The Morgan fingerprint density at radius 1 is 1.08 bits per heavy atom. The zero-order valence-electron chi connectivity index (χ0n) is 12.7. The van der Waals surface area contributed by atoms with Gasteiger partial charge in [0.2, 0.25) is 15.9 Å². The van der Waals surface area contributed by atoms with Crippen molar-refractivity contribution in [3.63, 3.8) is 0 Å². The molecule has 0 fully saturated rings. The van der Waals surface area contributed by atoms with E-state index in [1.54, 1.807) is 24.3 Å². The molecule has 1 aliphatic heterocycles. The number of sulfonamides is 1. The van der Waals surface area contributed by atoms with Crippen molar-refractivity contribution < 1.29 is 22.7 Å². The van der Waals surface area contributed by atoms with Crippen LogP contribution >= 0.6 is 0 Å². The molecule has 3 N–H and O–H groups in total. The molecule has 2 aromatic carbocycles. The van der Waals surface area contributed by atoms with Crippen LogP contribution in [0.4, 0.5) is 5.69 Å². The Morgan fingerprint density at radius 3 is 2.58 bits per heavy atom. The third kappa shape index (κ3) is 3.84. The number of benzene rings is 2. The average molecular weight is 348 g/mol. The lowest BCUT2D eigenvalue weighted by Gasteiger charge is -2.18. The molecule has 0 spiro atoms. The van der Waals surface area contributed by atoms with Crippen LogP contribution in [0, 0.1) is 0 Å². The lowest BCUT2D eigenvalue weighted by Crippen LogP contribution is -2.17. The van der Waals surface area contributed by atoms with Gasteiger partial charge in [-0.1, -0.05) is 12.1 Å². The van der Waals surface area contributed by atoms with Crippen LogP contribution < -0.4 is 19.9 Å². The maximum atomic E-state index is 12.1. The number of carbonyl (C=O) groups is 1. The van der Waals surface area contributed by atoms with Crippen LogP contribution in [0.2, 0.25) is 0 Å². The third-order valence-electron chi connectivity index (χ3n) is 3.42. The first-order valence-corrected chi connectivity index (χ1v) is 8.78. The van der Waals surface area contributed by atoms with Crippen LogP contribution in [0.1, 0.15) is 5.56 Å². The molecule has 0 unspecified atom stereocenters. The lowest BCUT2D eigenvalue weighted by atomic mass is 10.1. The minimum Gasteiger partial charge on any atom is -0.486 e. The van der Waals surface area contributed by atoms with Crippen molar-refractivity contribution in [2.75, 3.05) is 18.5 Å². The van der Waals surface area contributed by atoms with E-state index in [1.165, 1.54) is 18.2 Å². The van der Waals surface area contributed by atoms with Crippen molar-refractivity contribution in [1.82, 2.24) is 0 Å². The molecular formula is C16H16N2O5S. The number of carbonyl (C=O) groups excluding carboxylic acids is 1. The molecule has 126 valence electrons. The zero-order chi connectivity index (χ0) is 17.2. The van der Waals surface area contributed by atoms with Gasteiger partial charge >= 0.3 is 0 Å². The number of anilines is 1. The normalized spacial score (nSPS) is 13.4. The maximum Gasteiger partial charge on any atom is 0.238 e. The van der Waals surface area contributed by atoms with E-state index in [1.807, 2.05) is 0 Å². The van der Waals surface area contributed by atoms with E-state index >= 15 is 0 Å². The van der Waals surface area contributed by atoms with Gasteiger partial charge in [-0.25, -0.2) is 13.6 Å². The van der Waals surface area contributed by atoms with Crippen LogP contribution in [0.15, 0.2) is 47.4 Å². The summed E-state index contributed by atoms with van der Waals surface area (Å²) in [6.45, 7) is 0.982. The number of primary sulfonamides is 1. The number of nitrogens with two attached hydrogens (primary N) is 1. The summed E-state index contributed by atoms with van der Waals surface area (Å²) in [7, 11) is -3.81. The molecule has 24 heavy (non-hydrogen) atoms. The standard InChI is InChI=1S/C16H16N2O5S/c17-24(20,21)13-3-1-2-12(10-13)18-16(19)9-11-4-5-14-15(8-11)23-7-6-22-14/h1-5,8,10H,6-7,9H2,(H,18,19)(H2,17,20,21). The van der Waals surface area contributed by atoms with E-state index in [0.29, 0.717) is 30.4 Å². The Kier molecular flexibility index (Phi) is 4.41. The van der Waals surface area contributed by atoms with Gasteiger partial charge in [0.15, 0.2) is 11.5 Å². The number of rotatable bonds is 4. The number of hydrogen-bond acceptors (Lipinski definition) is 5. The molecule has 3 rings (SSSR count). The van der Waals surface area contributed by atoms with E-state index < -0.39 is 10.0 Å². The Balaban J connectivity index is 1.70. The predicted molar refractivity (Wildman–Crippen MR) is 87.6 cm³/mol. The van der Waals surface area contributed by atoms with E-state index in [2.05, 4.69) is 5.32 Å². The molecule has 0 atom stereocenters. The number of fused-ring (bicyclic) bond motifs is 1. The summed E-state index contributed by atoms with van der Waals surface area (Å²) in [5.74, 6) is 0.993.